The van der Waals surface area contributed by atoms with E-state index >= 15 is 0 Å². The van der Waals surface area contributed by atoms with Gasteiger partial charge in [0.1, 0.15) is 0 Å². The van der Waals surface area contributed by atoms with Crippen molar-refractivity contribution in [1.29, 1.82) is 5.26 Å². The molecule has 1 rings (SSSR count). The number of nitrogens with zero attached hydrogens (tertiary/aromatic N) is 2. The van der Waals surface area contributed by atoms with Crippen molar-refractivity contribution in [3.63, 3.8) is 0 Å². The molecule has 0 aliphatic carbocycles. The first-order chi connectivity index (χ1) is 8.47. The average molecular weight is 256 g/mol. The summed E-state index contributed by atoms with van der Waals surface area (Å²) in [4.78, 5) is 1.62. The van der Waals surface area contributed by atoms with Crippen LogP contribution in [-0.2, 0) is 6.54 Å². The number of nitriles is 1. The van der Waals surface area contributed by atoms with Gasteiger partial charge in [-0.05, 0) is 12.1 Å². The molecule has 1 aromatic rings. The summed E-state index contributed by atoms with van der Waals surface area (Å²) in [6.45, 7) is 2.40. The summed E-state index contributed by atoms with van der Waals surface area (Å²) in [5.41, 5.74) is 0.943. The molecule has 1 aromatic carbocycles. The van der Waals surface area contributed by atoms with Gasteiger partial charge in [0.15, 0.2) is 5.92 Å². The molecular formula is C13H15F3N2. The van der Waals surface area contributed by atoms with Crippen molar-refractivity contribution >= 4 is 0 Å². The molecule has 5 heteroatoms. The lowest BCUT2D eigenvalue weighted by Crippen LogP contribution is -2.35. The summed E-state index contributed by atoms with van der Waals surface area (Å²) < 4.78 is 37.5. The number of hydrogen-bond acceptors (Lipinski definition) is 2. The van der Waals surface area contributed by atoms with Crippen molar-refractivity contribution in [2.45, 2.75) is 19.6 Å². The molecule has 0 fully saturated rings. The molecule has 18 heavy (non-hydrogen) atoms. The van der Waals surface area contributed by atoms with Crippen LogP contribution in [0.2, 0.25) is 0 Å². The Bertz CT molecular complexity index is 395. The topological polar surface area (TPSA) is 27.0 Å². The Hall–Kier alpha value is -1.54. The molecule has 2 nitrogen and oxygen atoms in total. The van der Waals surface area contributed by atoms with Crippen LogP contribution >= 0.6 is 0 Å². The van der Waals surface area contributed by atoms with Crippen molar-refractivity contribution < 1.29 is 13.2 Å². The van der Waals surface area contributed by atoms with E-state index in [4.69, 9.17) is 5.26 Å². The zero-order chi connectivity index (χ0) is 13.6. The van der Waals surface area contributed by atoms with Gasteiger partial charge in [-0.2, -0.15) is 18.4 Å². The Morgan fingerprint density at radius 3 is 2.33 bits per heavy atom. The van der Waals surface area contributed by atoms with E-state index in [1.165, 1.54) is 6.07 Å². The third-order valence-corrected chi connectivity index (χ3v) is 2.69. The summed E-state index contributed by atoms with van der Waals surface area (Å²) in [6.07, 6.45) is -4.46. The fourth-order valence-corrected chi connectivity index (χ4v) is 1.62. The number of benzene rings is 1. The lowest BCUT2D eigenvalue weighted by Gasteiger charge is -2.24. The Morgan fingerprint density at radius 2 is 1.89 bits per heavy atom. The van der Waals surface area contributed by atoms with Gasteiger partial charge in [-0.15, -0.1) is 0 Å². The van der Waals surface area contributed by atoms with Gasteiger partial charge >= 0.3 is 6.18 Å². The van der Waals surface area contributed by atoms with Crippen LogP contribution in [0.15, 0.2) is 30.3 Å². The standard InChI is InChI=1S/C13H15F3N2/c1-2-18(9-11-6-4-3-5-7-11)10-12(8-17)13(14,15)16/h3-7,12H,2,9-10H2,1H3. The SMILES string of the molecule is CCN(Cc1ccccc1)CC(C#N)C(F)(F)F. The van der Waals surface area contributed by atoms with E-state index < -0.39 is 12.1 Å². The zero-order valence-corrected chi connectivity index (χ0v) is 10.1. The highest BCUT2D eigenvalue weighted by Gasteiger charge is 2.40. The van der Waals surface area contributed by atoms with E-state index in [9.17, 15) is 13.2 Å². The van der Waals surface area contributed by atoms with Crippen LogP contribution in [-0.4, -0.2) is 24.2 Å². The first-order valence-corrected chi connectivity index (χ1v) is 5.70. The molecule has 1 atom stereocenters. The van der Waals surface area contributed by atoms with E-state index in [2.05, 4.69) is 0 Å². The third kappa shape index (κ3) is 4.38. The summed E-state index contributed by atoms with van der Waals surface area (Å²) in [7, 11) is 0. The lowest BCUT2D eigenvalue weighted by atomic mass is 10.1. The largest absolute Gasteiger partial charge is 0.405 e. The average Bonchev–Trinajstić information content (AvgIpc) is 2.34. The van der Waals surface area contributed by atoms with Gasteiger partial charge in [0.2, 0.25) is 0 Å². The van der Waals surface area contributed by atoms with Gasteiger partial charge in [0.25, 0.3) is 0 Å². The molecule has 0 N–H and O–H groups in total. The van der Waals surface area contributed by atoms with Crippen LogP contribution in [0.3, 0.4) is 0 Å². The summed E-state index contributed by atoms with van der Waals surface area (Å²) in [5, 5.41) is 8.58. The molecule has 0 aromatic heterocycles. The van der Waals surface area contributed by atoms with Gasteiger partial charge in [0.05, 0.1) is 6.07 Å². The first kappa shape index (κ1) is 14.5. The molecule has 0 heterocycles. The molecule has 0 spiro atoms. The van der Waals surface area contributed by atoms with Crippen LogP contribution in [0, 0.1) is 17.2 Å². The molecule has 0 saturated heterocycles. The Labute approximate surface area is 105 Å². The highest BCUT2D eigenvalue weighted by atomic mass is 19.4. The van der Waals surface area contributed by atoms with E-state index in [1.54, 1.807) is 11.8 Å². The van der Waals surface area contributed by atoms with Crippen LogP contribution in [0.1, 0.15) is 12.5 Å². The second kappa shape index (κ2) is 6.41. The van der Waals surface area contributed by atoms with E-state index in [0.29, 0.717) is 13.1 Å². The Balaban J connectivity index is 2.65. The normalized spacial score (nSPS) is 13.3. The van der Waals surface area contributed by atoms with E-state index in [-0.39, 0.29) is 6.54 Å². The van der Waals surface area contributed by atoms with Gasteiger partial charge in [-0.25, -0.2) is 0 Å². The smallest absolute Gasteiger partial charge is 0.298 e. The van der Waals surface area contributed by atoms with Gasteiger partial charge in [0, 0.05) is 13.1 Å². The minimum atomic E-state index is -4.46. The number of rotatable bonds is 5. The van der Waals surface area contributed by atoms with Crippen LogP contribution in [0.5, 0.6) is 0 Å². The maximum absolute atomic E-state index is 12.5. The molecule has 1 unspecified atom stereocenters. The Morgan fingerprint density at radius 1 is 1.28 bits per heavy atom. The third-order valence-electron chi connectivity index (χ3n) is 2.69. The maximum Gasteiger partial charge on any atom is 0.405 e. The Kier molecular flexibility index (Phi) is 5.17. The second-order valence-corrected chi connectivity index (χ2v) is 4.04. The monoisotopic (exact) mass is 256 g/mol. The molecule has 0 radical (unpaired) electrons. The van der Waals surface area contributed by atoms with Gasteiger partial charge < -0.3 is 0 Å². The van der Waals surface area contributed by atoms with Crippen LogP contribution in [0.25, 0.3) is 0 Å². The number of hydrogen-bond donors (Lipinski definition) is 0. The number of alkyl halides is 3. The van der Waals surface area contributed by atoms with Crippen molar-refractivity contribution in [2.75, 3.05) is 13.1 Å². The molecule has 0 bridgehead atoms. The highest BCUT2D eigenvalue weighted by molar-refractivity contribution is 5.14. The van der Waals surface area contributed by atoms with Crippen molar-refractivity contribution in [2.24, 2.45) is 5.92 Å². The molecule has 0 amide bonds. The highest BCUT2D eigenvalue weighted by Crippen LogP contribution is 2.26. The molecular weight excluding hydrogens is 241 g/mol. The van der Waals surface area contributed by atoms with Crippen molar-refractivity contribution in [3.8, 4) is 6.07 Å². The van der Waals surface area contributed by atoms with Gasteiger partial charge in [-0.3, -0.25) is 4.90 Å². The molecule has 0 aliphatic heterocycles. The molecule has 0 saturated carbocycles. The summed E-state index contributed by atoms with van der Waals surface area (Å²) in [5.74, 6) is -1.93. The quantitative estimate of drug-likeness (QED) is 0.808. The maximum atomic E-state index is 12.5. The van der Waals surface area contributed by atoms with Gasteiger partial charge in [-0.1, -0.05) is 37.3 Å². The molecule has 0 aliphatic rings. The van der Waals surface area contributed by atoms with Crippen LogP contribution in [0.4, 0.5) is 13.2 Å². The fraction of sp³-hybridized carbons (Fsp3) is 0.462. The lowest BCUT2D eigenvalue weighted by molar-refractivity contribution is -0.163. The minimum Gasteiger partial charge on any atom is -0.298 e. The van der Waals surface area contributed by atoms with Crippen molar-refractivity contribution in [1.82, 2.24) is 4.90 Å². The summed E-state index contributed by atoms with van der Waals surface area (Å²) in [6, 6.07) is 10.6. The minimum absolute atomic E-state index is 0.286. The van der Waals surface area contributed by atoms with E-state index in [0.717, 1.165) is 5.56 Å². The van der Waals surface area contributed by atoms with E-state index in [1.807, 2.05) is 30.3 Å². The first-order valence-electron chi connectivity index (χ1n) is 5.70. The second-order valence-electron chi connectivity index (χ2n) is 4.04. The summed E-state index contributed by atoms with van der Waals surface area (Å²) >= 11 is 0. The molecule has 98 valence electrons. The predicted molar refractivity (Wildman–Crippen MR) is 62.6 cm³/mol. The van der Waals surface area contributed by atoms with Crippen LogP contribution < -0.4 is 0 Å². The number of halogens is 3. The predicted octanol–water partition coefficient (Wildman–Crippen LogP) is 3.21. The zero-order valence-electron chi connectivity index (χ0n) is 10.1. The van der Waals surface area contributed by atoms with Crippen molar-refractivity contribution in [3.05, 3.63) is 35.9 Å². The fourth-order valence-electron chi connectivity index (χ4n) is 1.62.